The summed E-state index contributed by atoms with van der Waals surface area (Å²) < 4.78 is 0. The van der Waals surface area contributed by atoms with Crippen molar-refractivity contribution in [1.29, 1.82) is 0 Å². The Labute approximate surface area is 109 Å². The highest BCUT2D eigenvalue weighted by Gasteiger charge is 2.21. The third kappa shape index (κ3) is 5.53. The summed E-state index contributed by atoms with van der Waals surface area (Å²) in [4.78, 5) is 32.9. The number of carbonyl (C=O) groups is 3. The third-order valence-corrected chi connectivity index (χ3v) is 2.30. The summed E-state index contributed by atoms with van der Waals surface area (Å²) >= 11 is 0. The number of primary amides is 1. The first-order valence-electron chi connectivity index (χ1n) is 5.58. The molecule has 1 aromatic rings. The number of carbonyl (C=O) groups excluding carboxylic acids is 2. The molecule has 19 heavy (non-hydrogen) atoms. The second-order valence-corrected chi connectivity index (χ2v) is 3.87. The molecule has 1 atom stereocenters. The summed E-state index contributed by atoms with van der Waals surface area (Å²) in [5, 5.41) is 13.5. The lowest BCUT2D eigenvalue weighted by Gasteiger charge is -2.13. The highest BCUT2D eigenvalue weighted by Crippen LogP contribution is 1.97. The van der Waals surface area contributed by atoms with Crippen molar-refractivity contribution in [3.05, 3.63) is 35.9 Å². The second kappa shape index (κ2) is 7.00. The molecule has 0 saturated heterocycles. The van der Waals surface area contributed by atoms with Gasteiger partial charge in [-0.25, -0.2) is 9.59 Å². The van der Waals surface area contributed by atoms with Gasteiger partial charge in [-0.05, 0) is 5.56 Å². The SMILES string of the molecule is NC(=O)CC(NC(=O)NCc1ccccc1)C(=O)O. The van der Waals surface area contributed by atoms with Gasteiger partial charge in [0.1, 0.15) is 6.04 Å². The maximum absolute atomic E-state index is 11.5. The van der Waals surface area contributed by atoms with Crippen LogP contribution in [0.5, 0.6) is 0 Å². The molecule has 5 N–H and O–H groups in total. The molecule has 1 unspecified atom stereocenters. The first-order chi connectivity index (χ1) is 8.99. The van der Waals surface area contributed by atoms with Gasteiger partial charge in [-0.15, -0.1) is 0 Å². The van der Waals surface area contributed by atoms with E-state index in [-0.39, 0.29) is 6.54 Å². The number of nitrogens with two attached hydrogens (primary N) is 1. The Balaban J connectivity index is 2.45. The van der Waals surface area contributed by atoms with Crippen molar-refractivity contribution < 1.29 is 19.5 Å². The minimum atomic E-state index is -1.33. The van der Waals surface area contributed by atoms with Crippen molar-refractivity contribution in [3.8, 4) is 0 Å². The molecule has 0 fully saturated rings. The van der Waals surface area contributed by atoms with Gasteiger partial charge in [-0.3, -0.25) is 4.79 Å². The average molecular weight is 265 g/mol. The van der Waals surface area contributed by atoms with Crippen molar-refractivity contribution >= 4 is 17.9 Å². The summed E-state index contributed by atoms with van der Waals surface area (Å²) in [5.74, 6) is -2.11. The van der Waals surface area contributed by atoms with Gasteiger partial charge in [0.15, 0.2) is 0 Å². The van der Waals surface area contributed by atoms with E-state index in [0.717, 1.165) is 5.56 Å². The van der Waals surface area contributed by atoms with Crippen LogP contribution in [0.3, 0.4) is 0 Å². The van der Waals surface area contributed by atoms with Crippen molar-refractivity contribution in [2.75, 3.05) is 0 Å². The predicted molar refractivity (Wildman–Crippen MR) is 67.0 cm³/mol. The number of rotatable bonds is 6. The molecule has 0 aromatic heterocycles. The summed E-state index contributed by atoms with van der Waals surface area (Å²) in [6.45, 7) is 0.260. The lowest BCUT2D eigenvalue weighted by molar-refractivity contribution is -0.140. The lowest BCUT2D eigenvalue weighted by Crippen LogP contribution is -2.47. The van der Waals surface area contributed by atoms with Crippen LogP contribution in [-0.2, 0) is 16.1 Å². The van der Waals surface area contributed by atoms with Gasteiger partial charge in [0.25, 0.3) is 0 Å². The van der Waals surface area contributed by atoms with Crippen LogP contribution in [0.2, 0.25) is 0 Å². The van der Waals surface area contributed by atoms with Crippen LogP contribution in [-0.4, -0.2) is 29.1 Å². The number of aliphatic carboxylic acids is 1. The molecule has 0 aliphatic rings. The fraction of sp³-hybridized carbons (Fsp3) is 0.250. The Kier molecular flexibility index (Phi) is 5.34. The van der Waals surface area contributed by atoms with E-state index in [1.165, 1.54) is 0 Å². The molecule has 0 saturated carbocycles. The minimum absolute atomic E-state index is 0.260. The molecule has 0 aliphatic heterocycles. The number of hydrogen-bond donors (Lipinski definition) is 4. The Bertz CT molecular complexity index is 461. The Morgan fingerprint density at radius 2 is 1.84 bits per heavy atom. The molecule has 0 radical (unpaired) electrons. The van der Waals surface area contributed by atoms with Crippen LogP contribution in [0.1, 0.15) is 12.0 Å². The van der Waals surface area contributed by atoms with Crippen LogP contribution in [0, 0.1) is 0 Å². The molecular weight excluding hydrogens is 250 g/mol. The maximum atomic E-state index is 11.5. The Morgan fingerprint density at radius 3 is 2.37 bits per heavy atom. The topological polar surface area (TPSA) is 122 Å². The van der Waals surface area contributed by atoms with E-state index in [4.69, 9.17) is 10.8 Å². The summed E-state index contributed by atoms with van der Waals surface area (Å²) in [6, 6.07) is 7.13. The fourth-order valence-electron chi connectivity index (χ4n) is 1.39. The monoisotopic (exact) mass is 265 g/mol. The molecule has 0 aliphatic carbocycles. The van der Waals surface area contributed by atoms with Gasteiger partial charge in [0, 0.05) is 6.54 Å². The Morgan fingerprint density at radius 1 is 1.21 bits per heavy atom. The van der Waals surface area contributed by atoms with Gasteiger partial charge < -0.3 is 21.5 Å². The number of benzene rings is 1. The smallest absolute Gasteiger partial charge is 0.326 e. The molecule has 0 spiro atoms. The average Bonchev–Trinajstić information content (AvgIpc) is 2.36. The quantitative estimate of drug-likeness (QED) is 0.569. The summed E-state index contributed by atoms with van der Waals surface area (Å²) in [6.07, 6.45) is -0.450. The first-order valence-corrected chi connectivity index (χ1v) is 5.58. The minimum Gasteiger partial charge on any atom is -0.480 e. The highest BCUT2D eigenvalue weighted by atomic mass is 16.4. The number of hydrogen-bond acceptors (Lipinski definition) is 3. The molecule has 7 heteroatoms. The van der Waals surface area contributed by atoms with Crippen LogP contribution in [0.4, 0.5) is 4.79 Å². The molecule has 0 bridgehead atoms. The van der Waals surface area contributed by atoms with Gasteiger partial charge in [-0.2, -0.15) is 0 Å². The molecule has 0 heterocycles. The Hall–Kier alpha value is -2.57. The normalized spacial score (nSPS) is 11.4. The van der Waals surface area contributed by atoms with Gasteiger partial charge >= 0.3 is 12.0 Å². The largest absolute Gasteiger partial charge is 0.480 e. The number of urea groups is 1. The molecule has 3 amide bonds. The summed E-state index contributed by atoms with van der Waals surface area (Å²) in [7, 11) is 0. The first kappa shape index (κ1) is 14.5. The van der Waals surface area contributed by atoms with Crippen molar-refractivity contribution in [3.63, 3.8) is 0 Å². The zero-order chi connectivity index (χ0) is 14.3. The van der Waals surface area contributed by atoms with E-state index < -0.39 is 30.4 Å². The fourth-order valence-corrected chi connectivity index (χ4v) is 1.39. The zero-order valence-electron chi connectivity index (χ0n) is 10.1. The van der Waals surface area contributed by atoms with Crippen LogP contribution >= 0.6 is 0 Å². The van der Waals surface area contributed by atoms with Gasteiger partial charge in [-0.1, -0.05) is 30.3 Å². The van der Waals surface area contributed by atoms with E-state index in [2.05, 4.69) is 10.6 Å². The lowest BCUT2D eigenvalue weighted by atomic mass is 10.2. The number of amides is 3. The molecule has 102 valence electrons. The van der Waals surface area contributed by atoms with E-state index in [0.29, 0.717) is 0 Å². The number of carboxylic acids is 1. The van der Waals surface area contributed by atoms with Crippen molar-refractivity contribution in [2.24, 2.45) is 5.73 Å². The number of nitrogens with one attached hydrogen (secondary N) is 2. The zero-order valence-corrected chi connectivity index (χ0v) is 10.1. The van der Waals surface area contributed by atoms with Crippen molar-refractivity contribution in [1.82, 2.24) is 10.6 Å². The molecule has 1 rings (SSSR count). The van der Waals surface area contributed by atoms with Crippen LogP contribution < -0.4 is 16.4 Å². The van der Waals surface area contributed by atoms with E-state index in [9.17, 15) is 14.4 Å². The van der Waals surface area contributed by atoms with Gasteiger partial charge in [0.2, 0.25) is 5.91 Å². The molecule has 1 aromatic carbocycles. The van der Waals surface area contributed by atoms with Gasteiger partial charge in [0.05, 0.1) is 6.42 Å². The van der Waals surface area contributed by atoms with Crippen molar-refractivity contribution in [2.45, 2.75) is 19.0 Å². The summed E-state index contributed by atoms with van der Waals surface area (Å²) in [5.41, 5.74) is 5.77. The third-order valence-electron chi connectivity index (χ3n) is 2.30. The molecule has 7 nitrogen and oxygen atoms in total. The standard InChI is InChI=1S/C12H15N3O4/c13-10(16)6-9(11(17)18)15-12(19)14-7-8-4-2-1-3-5-8/h1-5,9H,6-7H2,(H2,13,16)(H,17,18)(H2,14,15,19). The highest BCUT2D eigenvalue weighted by molar-refractivity contribution is 5.87. The van der Waals surface area contributed by atoms with Crippen LogP contribution in [0.15, 0.2) is 30.3 Å². The maximum Gasteiger partial charge on any atom is 0.326 e. The van der Waals surface area contributed by atoms with E-state index >= 15 is 0 Å². The van der Waals surface area contributed by atoms with E-state index in [1.54, 1.807) is 0 Å². The van der Waals surface area contributed by atoms with E-state index in [1.807, 2.05) is 30.3 Å². The molecular formula is C12H15N3O4. The second-order valence-electron chi connectivity index (χ2n) is 3.87. The predicted octanol–water partition coefficient (Wildman–Crippen LogP) is -0.186. The number of carboxylic acid groups (broad SMARTS) is 1. The van der Waals surface area contributed by atoms with Crippen LogP contribution in [0.25, 0.3) is 0 Å².